The number of sulfonamides is 1. The molecule has 0 bridgehead atoms. The number of hydrogen-bond acceptors (Lipinski definition) is 4. The first-order valence-corrected chi connectivity index (χ1v) is 9.10. The van der Waals surface area contributed by atoms with Crippen molar-refractivity contribution in [1.29, 1.82) is 0 Å². The molecular weight excluding hydrogens is 347 g/mol. The van der Waals surface area contributed by atoms with Gasteiger partial charge in [0.2, 0.25) is 15.9 Å². The summed E-state index contributed by atoms with van der Waals surface area (Å²) < 4.78 is 45.5. The van der Waals surface area contributed by atoms with Crippen LogP contribution in [0.25, 0.3) is 0 Å². The van der Waals surface area contributed by atoms with Crippen LogP contribution in [-0.4, -0.2) is 34.0 Å². The van der Waals surface area contributed by atoms with E-state index in [2.05, 4.69) is 4.72 Å². The van der Waals surface area contributed by atoms with Crippen LogP contribution >= 0.6 is 0 Å². The topological polar surface area (TPSA) is 75.7 Å². The lowest BCUT2D eigenvalue weighted by atomic mass is 10.3. The van der Waals surface area contributed by atoms with Crippen molar-refractivity contribution in [2.45, 2.75) is 17.4 Å². The van der Waals surface area contributed by atoms with Gasteiger partial charge in [0.15, 0.2) is 0 Å². The number of hydrogen-bond donors (Lipinski definition) is 1. The molecule has 1 aliphatic rings. The molecule has 8 heteroatoms. The molecule has 1 fully saturated rings. The fourth-order valence-corrected chi connectivity index (χ4v) is 3.93. The molecule has 6 nitrogen and oxygen atoms in total. The molecule has 1 heterocycles. The quantitative estimate of drug-likeness (QED) is 0.880. The number of methoxy groups -OCH3 is 1. The van der Waals surface area contributed by atoms with Gasteiger partial charge in [0, 0.05) is 24.7 Å². The predicted octanol–water partition coefficient (Wildman–Crippen LogP) is 1.92. The summed E-state index contributed by atoms with van der Waals surface area (Å²) in [4.78, 5) is 13.7. The number of nitrogens with one attached hydrogen (secondary N) is 1. The summed E-state index contributed by atoms with van der Waals surface area (Å²) in [5.41, 5.74) is 0.539. The number of carbonyl (C=O) groups excluding carboxylic acids is 1. The Hall–Kier alpha value is -2.45. The van der Waals surface area contributed by atoms with E-state index in [1.165, 1.54) is 48.4 Å². The van der Waals surface area contributed by atoms with Gasteiger partial charge in [-0.1, -0.05) is 0 Å². The SMILES string of the molecule is COc1ccc(S(=O)(=O)N[C@@H]2CC(=O)N(c3ccc(F)cc3)C2)cc1. The van der Waals surface area contributed by atoms with Gasteiger partial charge in [0.05, 0.1) is 12.0 Å². The Balaban J connectivity index is 1.72. The summed E-state index contributed by atoms with van der Waals surface area (Å²) in [5.74, 6) is -0.0568. The lowest BCUT2D eigenvalue weighted by molar-refractivity contribution is -0.117. The predicted molar refractivity (Wildman–Crippen MR) is 90.5 cm³/mol. The Morgan fingerprint density at radius 1 is 1.12 bits per heavy atom. The van der Waals surface area contributed by atoms with Crippen molar-refractivity contribution >= 4 is 21.6 Å². The zero-order valence-corrected chi connectivity index (χ0v) is 14.3. The molecule has 3 rings (SSSR count). The highest BCUT2D eigenvalue weighted by Gasteiger charge is 2.33. The van der Waals surface area contributed by atoms with Crippen LogP contribution in [0.4, 0.5) is 10.1 Å². The van der Waals surface area contributed by atoms with E-state index in [-0.39, 0.29) is 23.8 Å². The zero-order valence-electron chi connectivity index (χ0n) is 13.5. The molecule has 1 saturated heterocycles. The molecule has 132 valence electrons. The summed E-state index contributed by atoms with van der Waals surface area (Å²) in [6.45, 7) is 0.194. The van der Waals surface area contributed by atoms with Gasteiger partial charge >= 0.3 is 0 Å². The molecule has 2 aromatic rings. The van der Waals surface area contributed by atoms with Gasteiger partial charge in [-0.05, 0) is 48.5 Å². The Bertz CT molecular complexity index is 867. The lowest BCUT2D eigenvalue weighted by Gasteiger charge is -2.17. The highest BCUT2D eigenvalue weighted by atomic mass is 32.2. The van der Waals surface area contributed by atoms with Crippen LogP contribution in [0.2, 0.25) is 0 Å². The van der Waals surface area contributed by atoms with Crippen molar-refractivity contribution in [2.24, 2.45) is 0 Å². The first-order valence-electron chi connectivity index (χ1n) is 7.61. The molecule has 1 atom stereocenters. The second kappa shape index (κ2) is 6.81. The molecule has 1 aliphatic heterocycles. The van der Waals surface area contributed by atoms with Gasteiger partial charge in [-0.25, -0.2) is 17.5 Å². The fraction of sp³-hybridized carbons (Fsp3) is 0.235. The summed E-state index contributed by atoms with van der Waals surface area (Å²) in [5, 5.41) is 0. The molecule has 1 amide bonds. The third-order valence-corrected chi connectivity index (χ3v) is 5.49. The molecule has 25 heavy (non-hydrogen) atoms. The monoisotopic (exact) mass is 364 g/mol. The second-order valence-electron chi connectivity index (χ2n) is 5.68. The minimum atomic E-state index is -3.75. The van der Waals surface area contributed by atoms with E-state index in [9.17, 15) is 17.6 Å². The third-order valence-electron chi connectivity index (χ3n) is 3.95. The number of nitrogens with zero attached hydrogens (tertiary/aromatic N) is 1. The fourth-order valence-electron chi connectivity index (χ4n) is 2.70. The molecule has 1 N–H and O–H groups in total. The van der Waals surface area contributed by atoms with E-state index < -0.39 is 21.9 Å². The first-order chi connectivity index (χ1) is 11.9. The lowest BCUT2D eigenvalue weighted by Crippen LogP contribution is -2.37. The number of ether oxygens (including phenoxy) is 1. The van der Waals surface area contributed by atoms with Crippen LogP contribution in [0.1, 0.15) is 6.42 Å². The van der Waals surface area contributed by atoms with Gasteiger partial charge in [-0.2, -0.15) is 0 Å². The number of anilines is 1. The molecule has 0 saturated carbocycles. The maximum Gasteiger partial charge on any atom is 0.240 e. The van der Waals surface area contributed by atoms with Crippen LogP contribution in [0.5, 0.6) is 5.75 Å². The van der Waals surface area contributed by atoms with Crippen molar-refractivity contribution in [3.05, 3.63) is 54.3 Å². The van der Waals surface area contributed by atoms with E-state index in [0.29, 0.717) is 11.4 Å². The molecule has 0 radical (unpaired) electrons. The van der Waals surface area contributed by atoms with E-state index in [0.717, 1.165) is 0 Å². The van der Waals surface area contributed by atoms with E-state index in [4.69, 9.17) is 4.74 Å². The number of benzene rings is 2. The number of rotatable bonds is 5. The van der Waals surface area contributed by atoms with Gasteiger partial charge in [0.1, 0.15) is 11.6 Å². The zero-order chi connectivity index (χ0) is 18.0. The summed E-state index contributed by atoms with van der Waals surface area (Å²) in [6.07, 6.45) is 0.0484. The molecule has 0 spiro atoms. The highest BCUT2D eigenvalue weighted by Crippen LogP contribution is 2.23. The summed E-state index contributed by atoms with van der Waals surface area (Å²) in [7, 11) is -2.25. The largest absolute Gasteiger partial charge is 0.497 e. The van der Waals surface area contributed by atoms with Gasteiger partial charge < -0.3 is 9.64 Å². The van der Waals surface area contributed by atoms with E-state index >= 15 is 0 Å². The molecule has 2 aromatic carbocycles. The summed E-state index contributed by atoms with van der Waals surface area (Å²) in [6, 6.07) is 10.9. The average Bonchev–Trinajstić information content (AvgIpc) is 2.95. The Labute approximate surface area is 145 Å². The van der Waals surface area contributed by atoms with Crippen LogP contribution in [0.15, 0.2) is 53.4 Å². The van der Waals surface area contributed by atoms with Crippen molar-refractivity contribution < 1.29 is 22.3 Å². The van der Waals surface area contributed by atoms with Crippen LogP contribution < -0.4 is 14.4 Å². The number of amides is 1. The van der Waals surface area contributed by atoms with Crippen molar-refractivity contribution in [3.8, 4) is 5.75 Å². The number of carbonyl (C=O) groups is 1. The van der Waals surface area contributed by atoms with Crippen molar-refractivity contribution in [1.82, 2.24) is 4.72 Å². The molecule has 0 unspecified atom stereocenters. The Morgan fingerprint density at radius 3 is 2.36 bits per heavy atom. The smallest absolute Gasteiger partial charge is 0.240 e. The molecular formula is C17H17FN2O4S. The maximum atomic E-state index is 13.0. The van der Waals surface area contributed by atoms with Crippen LogP contribution in [0.3, 0.4) is 0 Å². The standard InChI is InChI=1S/C17H17FN2O4S/c1-24-15-6-8-16(9-7-15)25(22,23)19-13-10-17(21)20(11-13)14-4-2-12(18)3-5-14/h2-9,13,19H,10-11H2,1H3/t13-/m1/s1. The van der Waals surface area contributed by atoms with Crippen LogP contribution in [0, 0.1) is 5.82 Å². The van der Waals surface area contributed by atoms with Crippen molar-refractivity contribution in [2.75, 3.05) is 18.6 Å². The normalized spacial score (nSPS) is 17.8. The van der Waals surface area contributed by atoms with Crippen LogP contribution in [-0.2, 0) is 14.8 Å². The first kappa shape index (κ1) is 17.4. The third kappa shape index (κ3) is 3.80. The van der Waals surface area contributed by atoms with Gasteiger partial charge in [0.25, 0.3) is 0 Å². The molecule has 0 aromatic heterocycles. The summed E-state index contributed by atoms with van der Waals surface area (Å²) >= 11 is 0. The maximum absolute atomic E-state index is 13.0. The van der Waals surface area contributed by atoms with Gasteiger partial charge in [-0.3, -0.25) is 4.79 Å². The minimum Gasteiger partial charge on any atom is -0.497 e. The van der Waals surface area contributed by atoms with E-state index in [1.807, 2.05) is 0 Å². The van der Waals surface area contributed by atoms with Gasteiger partial charge in [-0.15, -0.1) is 0 Å². The van der Waals surface area contributed by atoms with Crippen molar-refractivity contribution in [3.63, 3.8) is 0 Å². The highest BCUT2D eigenvalue weighted by molar-refractivity contribution is 7.89. The Kier molecular flexibility index (Phi) is 4.73. The second-order valence-corrected chi connectivity index (χ2v) is 7.39. The average molecular weight is 364 g/mol. The van der Waals surface area contributed by atoms with E-state index in [1.54, 1.807) is 12.1 Å². The molecule has 0 aliphatic carbocycles. The number of halogens is 1. The minimum absolute atomic E-state index is 0.0484. The Morgan fingerprint density at radius 2 is 1.76 bits per heavy atom.